The lowest BCUT2D eigenvalue weighted by atomic mass is 9.73. The number of aliphatic hydroxyl groups is 2. The van der Waals surface area contributed by atoms with Gasteiger partial charge in [0, 0.05) is 35.6 Å². The van der Waals surface area contributed by atoms with Crippen LogP contribution in [-0.4, -0.2) is 71.5 Å². The van der Waals surface area contributed by atoms with Crippen molar-refractivity contribution in [3.05, 3.63) is 16.6 Å². The quantitative estimate of drug-likeness (QED) is 0.367. The molecule has 0 amide bonds. The van der Waals surface area contributed by atoms with E-state index in [-0.39, 0.29) is 34.0 Å². The largest absolute Gasteiger partial charge is 0.458 e. The van der Waals surface area contributed by atoms with Gasteiger partial charge in [0.2, 0.25) is 14.2 Å². The summed E-state index contributed by atoms with van der Waals surface area (Å²) in [5.41, 5.74) is -0.220. The van der Waals surface area contributed by atoms with E-state index in [0.29, 0.717) is 17.7 Å². The minimum absolute atomic E-state index is 0.0200. The summed E-state index contributed by atoms with van der Waals surface area (Å²) in [4.78, 5) is 30.4. The molecule has 3 rings (SSSR count). The fourth-order valence-electron chi connectivity index (χ4n) is 5.28. The second-order valence-electron chi connectivity index (χ2n) is 12.0. The number of cyclic esters (lactones) is 1. The summed E-state index contributed by atoms with van der Waals surface area (Å²) in [5, 5.41) is 26.9. The van der Waals surface area contributed by atoms with Gasteiger partial charge in [0.15, 0.2) is 0 Å². The first-order valence-corrected chi connectivity index (χ1v) is 15.9. The first kappa shape index (κ1) is 30.9. The lowest BCUT2D eigenvalue weighted by Crippen LogP contribution is -2.45. The maximum Gasteiger partial charge on any atom is 0.309 e. The van der Waals surface area contributed by atoms with Gasteiger partial charge in [-0.2, -0.15) is 0 Å². The summed E-state index contributed by atoms with van der Waals surface area (Å²) >= 11 is 1.03. The van der Waals surface area contributed by atoms with Crippen LogP contribution >= 0.6 is 11.3 Å². The Bertz CT molecular complexity index is 1180. The molecule has 0 unspecified atom stereocenters. The number of nitrogens with zero attached hydrogens (tertiary/aromatic N) is 1. The van der Waals surface area contributed by atoms with Crippen LogP contribution in [0.15, 0.2) is 15.3 Å². The van der Waals surface area contributed by atoms with Crippen LogP contribution in [0.2, 0.25) is 0 Å². The van der Waals surface area contributed by atoms with Gasteiger partial charge in [-0.15, -0.1) is 11.3 Å². The third-order valence-corrected chi connectivity index (χ3v) is 10.9. The molecule has 3 heterocycles. The normalized spacial score (nSPS) is 35.9. The molecule has 2 aliphatic rings. The summed E-state index contributed by atoms with van der Waals surface area (Å²) < 4.78 is 29.5. The van der Waals surface area contributed by atoms with Crippen molar-refractivity contribution in [1.82, 2.24) is 10.3 Å². The molecule has 0 aromatic carbocycles. The zero-order valence-electron chi connectivity index (χ0n) is 23.4. The molecule has 11 heteroatoms. The highest BCUT2D eigenvalue weighted by Crippen LogP contribution is 2.38. The first-order valence-electron chi connectivity index (χ1n) is 13.2. The topological polar surface area (TPSA) is 153 Å². The summed E-state index contributed by atoms with van der Waals surface area (Å²) in [6, 6.07) is 0.0978. The second kappa shape index (κ2) is 11.4. The highest BCUT2D eigenvalue weighted by molar-refractivity contribution is 7.92. The predicted molar refractivity (Wildman–Crippen MR) is 146 cm³/mol. The van der Waals surface area contributed by atoms with Gasteiger partial charge in [-0.25, -0.2) is 13.4 Å². The third kappa shape index (κ3) is 7.10. The molecule has 1 aromatic rings. The first-order chi connectivity index (χ1) is 17.5. The van der Waals surface area contributed by atoms with E-state index in [9.17, 15) is 28.2 Å². The number of rotatable bonds is 3. The Kier molecular flexibility index (Phi) is 9.30. The molecule has 0 aliphatic carbocycles. The van der Waals surface area contributed by atoms with Gasteiger partial charge in [0.1, 0.15) is 11.9 Å². The molecule has 2 saturated heterocycles. The number of esters is 1. The van der Waals surface area contributed by atoms with E-state index in [0.717, 1.165) is 36.9 Å². The van der Waals surface area contributed by atoms with Crippen molar-refractivity contribution in [2.75, 3.05) is 6.26 Å². The molecule has 2 aliphatic heterocycles. The van der Waals surface area contributed by atoms with Crippen LogP contribution in [-0.2, 0) is 24.2 Å². The van der Waals surface area contributed by atoms with Crippen LogP contribution in [0.4, 0.5) is 0 Å². The number of hydrogen-bond donors (Lipinski definition) is 3. The number of sulfone groups is 1. The third-order valence-electron chi connectivity index (χ3n) is 8.31. The van der Waals surface area contributed by atoms with Gasteiger partial charge in [0.05, 0.1) is 29.7 Å². The fraction of sp³-hybridized carbons (Fsp3) is 0.741. The van der Waals surface area contributed by atoms with E-state index in [2.05, 4.69) is 17.2 Å². The standard InChI is InChI=1S/C27H42N2O7S2/c1-15-9-8-10-27(6)20(29-27)12-19(16(2)11-18-14-37-25(28-18)38(7,34)35)36-22(31)13-21(30)26(4,5)24(33)17(3)23(15)32/h11,14-15,17,19-21,23,29-30,32H,8-10,12-13H2,1-7H3/b16-11+/t15-,17+,19-,20-,21-,23-,27+/m0/s1. The van der Waals surface area contributed by atoms with Crippen LogP contribution in [0.25, 0.3) is 6.08 Å². The van der Waals surface area contributed by atoms with Gasteiger partial charge in [-0.3, -0.25) is 9.59 Å². The Morgan fingerprint density at radius 2 is 1.89 bits per heavy atom. The highest BCUT2D eigenvalue weighted by atomic mass is 32.2. The SMILES string of the molecule is C/C(=C\c1csc(S(C)(=O)=O)n1)[C@@H]1C[C@@H]2N[C@]2(C)CCC[C@H](C)[C@H](O)[C@@H](C)C(=O)C(C)(C)[C@@H](O)CC(=O)O1. The minimum Gasteiger partial charge on any atom is -0.458 e. The van der Waals surface area contributed by atoms with Crippen LogP contribution in [0.1, 0.15) is 79.3 Å². The van der Waals surface area contributed by atoms with Crippen molar-refractivity contribution in [3.63, 3.8) is 0 Å². The molecule has 9 nitrogen and oxygen atoms in total. The highest BCUT2D eigenvalue weighted by Gasteiger charge is 2.50. The number of nitrogens with one attached hydrogen (secondary N) is 1. The average molecular weight is 571 g/mol. The molecule has 0 radical (unpaired) electrons. The molecule has 2 fully saturated rings. The van der Waals surface area contributed by atoms with Crippen molar-refractivity contribution in [2.45, 2.75) is 108 Å². The molecule has 0 bridgehead atoms. The average Bonchev–Trinajstić information content (AvgIpc) is 3.20. The second-order valence-corrected chi connectivity index (χ2v) is 15.0. The van der Waals surface area contributed by atoms with E-state index >= 15 is 0 Å². The van der Waals surface area contributed by atoms with Gasteiger partial charge in [0.25, 0.3) is 0 Å². The van der Waals surface area contributed by atoms with E-state index < -0.39 is 45.5 Å². The summed E-state index contributed by atoms with van der Waals surface area (Å²) in [7, 11) is -3.42. The molecule has 7 atom stereocenters. The van der Waals surface area contributed by atoms with Gasteiger partial charge in [-0.05, 0) is 44.3 Å². The number of fused-ring (bicyclic) bond motifs is 1. The Labute approximate surface area is 230 Å². The van der Waals surface area contributed by atoms with E-state index in [4.69, 9.17) is 4.74 Å². The van der Waals surface area contributed by atoms with Crippen LogP contribution in [0.3, 0.4) is 0 Å². The molecule has 1 aromatic heterocycles. The maximum atomic E-state index is 13.3. The number of hydrogen-bond acceptors (Lipinski definition) is 10. The zero-order chi connectivity index (χ0) is 28.6. The molecular weight excluding hydrogens is 528 g/mol. The molecule has 0 saturated carbocycles. The maximum absolute atomic E-state index is 13.3. The molecule has 3 N–H and O–H groups in total. The summed E-state index contributed by atoms with van der Waals surface area (Å²) in [6.07, 6.45) is 2.70. The fourth-order valence-corrected chi connectivity index (χ4v) is 6.89. The van der Waals surface area contributed by atoms with Crippen LogP contribution < -0.4 is 5.32 Å². The number of ketones is 1. The number of ether oxygens (including phenoxy) is 1. The van der Waals surface area contributed by atoms with Crippen molar-refractivity contribution >= 4 is 39.0 Å². The van der Waals surface area contributed by atoms with Crippen molar-refractivity contribution in [1.29, 1.82) is 0 Å². The number of carbonyl (C=O) groups excluding carboxylic acids is 2. The summed E-state index contributed by atoms with van der Waals surface area (Å²) in [6.45, 7) is 10.7. The van der Waals surface area contributed by atoms with Gasteiger partial charge in [-0.1, -0.05) is 34.1 Å². The van der Waals surface area contributed by atoms with Gasteiger partial charge < -0.3 is 20.3 Å². The van der Waals surface area contributed by atoms with E-state index in [1.807, 2.05) is 13.8 Å². The predicted octanol–water partition coefficient (Wildman–Crippen LogP) is 3.15. The Morgan fingerprint density at radius 3 is 2.50 bits per heavy atom. The molecule has 214 valence electrons. The van der Waals surface area contributed by atoms with Crippen molar-refractivity contribution < 1.29 is 33.0 Å². The van der Waals surface area contributed by atoms with Crippen molar-refractivity contribution in [3.8, 4) is 0 Å². The van der Waals surface area contributed by atoms with E-state index in [1.54, 1.807) is 32.2 Å². The molecule has 0 spiro atoms. The van der Waals surface area contributed by atoms with Crippen molar-refractivity contribution in [2.24, 2.45) is 17.3 Å². The van der Waals surface area contributed by atoms with E-state index in [1.165, 1.54) is 0 Å². The lowest BCUT2D eigenvalue weighted by molar-refractivity contribution is -0.154. The number of thiazole rings is 1. The van der Waals surface area contributed by atoms with Gasteiger partial charge >= 0.3 is 5.97 Å². The monoisotopic (exact) mass is 570 g/mol. The lowest BCUT2D eigenvalue weighted by Gasteiger charge is -2.34. The Morgan fingerprint density at radius 1 is 1.24 bits per heavy atom. The number of aliphatic hydroxyl groups excluding tert-OH is 2. The Hall–Kier alpha value is -1.66. The smallest absolute Gasteiger partial charge is 0.309 e. The molecule has 38 heavy (non-hydrogen) atoms. The minimum atomic E-state index is -3.42. The Balaban J connectivity index is 1.88. The van der Waals surface area contributed by atoms with Crippen LogP contribution in [0.5, 0.6) is 0 Å². The molecular formula is C27H42N2O7S2. The number of aromatic nitrogens is 1. The summed E-state index contributed by atoms with van der Waals surface area (Å²) in [5.74, 6) is -1.71. The zero-order valence-corrected chi connectivity index (χ0v) is 25.0. The number of Topliss-reactive ketones (excluding diaryl/α,β-unsaturated/α-hetero) is 1. The van der Waals surface area contributed by atoms with Crippen LogP contribution in [0, 0.1) is 17.3 Å². The number of carbonyl (C=O) groups is 2.